The Morgan fingerprint density at radius 3 is 2.69 bits per heavy atom. The average molecular weight is 529 g/mol. The van der Waals surface area contributed by atoms with E-state index in [1.54, 1.807) is 13.0 Å². The van der Waals surface area contributed by atoms with E-state index in [9.17, 15) is 9.90 Å². The maximum absolute atomic E-state index is 12.9. The molecule has 0 bridgehead atoms. The number of hydrogen-bond acceptors (Lipinski definition) is 9. The van der Waals surface area contributed by atoms with Crippen molar-refractivity contribution in [3.8, 4) is 0 Å². The minimum absolute atomic E-state index is 0.276. The molecular weight excluding hydrogens is 492 g/mol. The van der Waals surface area contributed by atoms with Gasteiger partial charge in [-0.3, -0.25) is 4.79 Å². The molecule has 4 N–H and O–H groups in total. The molecule has 1 saturated heterocycles. The second kappa shape index (κ2) is 11.0. The minimum Gasteiger partial charge on any atom is -0.384 e. The summed E-state index contributed by atoms with van der Waals surface area (Å²) in [5.74, 6) is 0.817. The zero-order chi connectivity index (χ0) is 27.6. The van der Waals surface area contributed by atoms with E-state index in [1.165, 1.54) is 11.9 Å². The Bertz CT molecular complexity index is 1380. The first-order valence-corrected chi connectivity index (χ1v) is 13.3. The molecule has 1 aromatic carbocycles. The van der Waals surface area contributed by atoms with Crippen molar-refractivity contribution in [2.75, 3.05) is 55.3 Å². The summed E-state index contributed by atoms with van der Waals surface area (Å²) in [5.41, 5.74) is 4.21. The highest BCUT2D eigenvalue weighted by atomic mass is 16.3. The summed E-state index contributed by atoms with van der Waals surface area (Å²) in [6, 6.07) is 10.0. The third-order valence-electron chi connectivity index (χ3n) is 7.35. The fourth-order valence-electron chi connectivity index (χ4n) is 5.07. The summed E-state index contributed by atoms with van der Waals surface area (Å²) in [4.78, 5) is 31.3. The summed E-state index contributed by atoms with van der Waals surface area (Å²) in [7, 11) is 2.15. The van der Waals surface area contributed by atoms with Crippen LogP contribution in [0.2, 0.25) is 0 Å². The summed E-state index contributed by atoms with van der Waals surface area (Å²) in [6.07, 6.45) is 4.51. The van der Waals surface area contributed by atoms with Crippen LogP contribution in [-0.4, -0.2) is 70.6 Å². The molecule has 2 aromatic heterocycles. The van der Waals surface area contributed by atoms with Gasteiger partial charge in [0.15, 0.2) is 0 Å². The molecule has 0 spiro atoms. The number of aryl methyl sites for hydroxylation is 2. The fraction of sp³-hybridized carbons (Fsp3) is 0.379. The van der Waals surface area contributed by atoms with Gasteiger partial charge in [0.1, 0.15) is 22.8 Å². The first-order valence-electron chi connectivity index (χ1n) is 13.3. The molecule has 1 aliphatic heterocycles. The summed E-state index contributed by atoms with van der Waals surface area (Å²) in [5, 5.41) is 20.0. The van der Waals surface area contributed by atoms with Crippen LogP contribution in [0.1, 0.15) is 40.5 Å². The van der Waals surface area contributed by atoms with Crippen LogP contribution in [0.4, 0.5) is 29.0 Å². The first-order chi connectivity index (χ1) is 18.7. The molecule has 10 nitrogen and oxygen atoms in total. The molecule has 5 rings (SSSR count). The molecule has 1 unspecified atom stereocenters. The standard InChI is InChI=1S/C29H36N8O2/c1-5-12-30-27(38)22-18-31-28(32-21-7-8-23(19(2)17-21)37-15-13-36(4)14-16-37)35-26(22)34-24-9-6-20-10-11-29(3,39)25(20)33-24/h5-9,17-18,39H,1,10-16H2,2-4H3,(H,30,38)(H2,31,32,33,34,35). The van der Waals surface area contributed by atoms with Gasteiger partial charge in [-0.1, -0.05) is 12.1 Å². The molecular formula is C29H36N8O2. The Balaban J connectivity index is 1.40. The van der Waals surface area contributed by atoms with E-state index in [1.807, 2.05) is 18.2 Å². The lowest BCUT2D eigenvalue weighted by atomic mass is 10.0. The number of nitrogens with zero attached hydrogens (tertiary/aromatic N) is 5. The van der Waals surface area contributed by atoms with Crippen LogP contribution in [0.5, 0.6) is 0 Å². The van der Waals surface area contributed by atoms with Crippen LogP contribution in [0, 0.1) is 6.92 Å². The Hall–Kier alpha value is -4.02. The molecule has 39 heavy (non-hydrogen) atoms. The van der Waals surface area contributed by atoms with Crippen molar-refractivity contribution in [2.24, 2.45) is 0 Å². The van der Waals surface area contributed by atoms with Gasteiger partial charge in [-0.15, -0.1) is 6.58 Å². The number of carbonyl (C=O) groups is 1. The molecule has 2 aliphatic rings. The zero-order valence-corrected chi connectivity index (χ0v) is 22.8. The van der Waals surface area contributed by atoms with Gasteiger partial charge in [0, 0.05) is 50.3 Å². The lowest BCUT2D eigenvalue weighted by Gasteiger charge is -2.35. The highest BCUT2D eigenvalue weighted by molar-refractivity contribution is 5.99. The van der Waals surface area contributed by atoms with E-state index in [0.717, 1.165) is 49.4 Å². The Morgan fingerprint density at radius 2 is 1.95 bits per heavy atom. The maximum Gasteiger partial charge on any atom is 0.256 e. The number of aromatic nitrogens is 3. The normalized spacial score (nSPS) is 18.9. The van der Waals surface area contributed by atoms with E-state index in [2.05, 4.69) is 73.4 Å². The quantitative estimate of drug-likeness (QED) is 0.326. The van der Waals surface area contributed by atoms with Gasteiger partial charge in [-0.05, 0) is 69.1 Å². The lowest BCUT2D eigenvalue weighted by molar-refractivity contribution is 0.0555. The van der Waals surface area contributed by atoms with Gasteiger partial charge in [-0.25, -0.2) is 9.97 Å². The van der Waals surface area contributed by atoms with Gasteiger partial charge in [0.25, 0.3) is 5.91 Å². The number of piperazine rings is 1. The molecule has 10 heteroatoms. The predicted molar refractivity (Wildman–Crippen MR) is 154 cm³/mol. The number of pyridine rings is 1. The lowest BCUT2D eigenvalue weighted by Crippen LogP contribution is -2.44. The molecule has 0 saturated carbocycles. The van der Waals surface area contributed by atoms with E-state index >= 15 is 0 Å². The van der Waals surface area contributed by atoms with Gasteiger partial charge >= 0.3 is 0 Å². The van der Waals surface area contributed by atoms with E-state index < -0.39 is 5.60 Å². The number of nitrogens with one attached hydrogen (secondary N) is 3. The smallest absolute Gasteiger partial charge is 0.256 e. The van der Waals surface area contributed by atoms with Gasteiger partial charge in [-0.2, -0.15) is 4.98 Å². The van der Waals surface area contributed by atoms with Gasteiger partial charge < -0.3 is 30.9 Å². The second-order valence-electron chi connectivity index (χ2n) is 10.5. The number of amides is 1. The van der Waals surface area contributed by atoms with Crippen LogP contribution in [0.3, 0.4) is 0 Å². The number of aliphatic hydroxyl groups is 1. The molecule has 1 atom stereocenters. The Kier molecular flexibility index (Phi) is 7.49. The van der Waals surface area contributed by atoms with Crippen LogP contribution >= 0.6 is 0 Å². The Labute approximate surface area is 229 Å². The first kappa shape index (κ1) is 26.6. The average Bonchev–Trinajstić information content (AvgIpc) is 3.22. The zero-order valence-electron chi connectivity index (χ0n) is 22.8. The molecule has 3 heterocycles. The summed E-state index contributed by atoms with van der Waals surface area (Å²) >= 11 is 0. The number of likely N-dealkylation sites (N-methyl/N-ethyl adjacent to an activating group) is 1. The predicted octanol–water partition coefficient (Wildman–Crippen LogP) is 3.49. The number of hydrogen-bond donors (Lipinski definition) is 4. The minimum atomic E-state index is -0.982. The number of rotatable bonds is 8. The van der Waals surface area contributed by atoms with Crippen molar-refractivity contribution < 1.29 is 9.90 Å². The highest BCUT2D eigenvalue weighted by Crippen LogP contribution is 2.36. The van der Waals surface area contributed by atoms with E-state index in [0.29, 0.717) is 36.2 Å². The SMILES string of the molecule is C=CCNC(=O)c1cnc(Nc2ccc(N3CCN(C)CC3)c(C)c2)nc1Nc1ccc2c(n1)C(C)(O)CC2. The van der Waals surface area contributed by atoms with Crippen molar-refractivity contribution in [3.05, 3.63) is 71.6 Å². The third-order valence-corrected chi connectivity index (χ3v) is 7.35. The summed E-state index contributed by atoms with van der Waals surface area (Å²) < 4.78 is 0. The molecule has 0 radical (unpaired) electrons. The largest absolute Gasteiger partial charge is 0.384 e. The van der Waals surface area contributed by atoms with E-state index in [-0.39, 0.29) is 11.5 Å². The number of carbonyl (C=O) groups excluding carboxylic acids is 1. The molecule has 1 aliphatic carbocycles. The van der Waals surface area contributed by atoms with Crippen molar-refractivity contribution >= 4 is 34.9 Å². The monoisotopic (exact) mass is 528 g/mol. The van der Waals surface area contributed by atoms with Crippen LogP contribution in [-0.2, 0) is 12.0 Å². The Morgan fingerprint density at radius 1 is 1.15 bits per heavy atom. The second-order valence-corrected chi connectivity index (χ2v) is 10.5. The molecule has 1 amide bonds. The highest BCUT2D eigenvalue weighted by Gasteiger charge is 2.34. The van der Waals surface area contributed by atoms with Crippen LogP contribution < -0.4 is 20.9 Å². The van der Waals surface area contributed by atoms with Crippen LogP contribution in [0.25, 0.3) is 0 Å². The van der Waals surface area contributed by atoms with Crippen molar-refractivity contribution in [1.29, 1.82) is 0 Å². The number of anilines is 5. The number of fused-ring (bicyclic) bond motifs is 1. The van der Waals surface area contributed by atoms with Gasteiger partial charge in [0.05, 0.1) is 5.69 Å². The van der Waals surface area contributed by atoms with Crippen molar-refractivity contribution in [3.63, 3.8) is 0 Å². The van der Waals surface area contributed by atoms with Crippen LogP contribution in [0.15, 0.2) is 49.2 Å². The molecule has 3 aromatic rings. The van der Waals surface area contributed by atoms with Crippen molar-refractivity contribution in [1.82, 2.24) is 25.2 Å². The van der Waals surface area contributed by atoms with Gasteiger partial charge in [0.2, 0.25) is 5.95 Å². The third kappa shape index (κ3) is 5.86. The summed E-state index contributed by atoms with van der Waals surface area (Å²) in [6.45, 7) is 12.0. The van der Waals surface area contributed by atoms with Crippen molar-refractivity contribution in [2.45, 2.75) is 32.3 Å². The topological polar surface area (TPSA) is 119 Å². The fourth-order valence-corrected chi connectivity index (χ4v) is 5.07. The number of benzene rings is 1. The molecule has 204 valence electrons. The maximum atomic E-state index is 12.9. The molecule has 1 fully saturated rings. The van der Waals surface area contributed by atoms with E-state index in [4.69, 9.17) is 0 Å².